The third-order valence-corrected chi connectivity index (χ3v) is 4.87. The maximum absolute atomic E-state index is 11.9. The van der Waals surface area contributed by atoms with Gasteiger partial charge in [-0.25, -0.2) is 0 Å². The molecule has 0 atom stereocenters. The van der Waals surface area contributed by atoms with Crippen LogP contribution < -0.4 is 5.32 Å². The summed E-state index contributed by atoms with van der Waals surface area (Å²) >= 11 is 0. The molecule has 1 saturated carbocycles. The van der Waals surface area contributed by atoms with E-state index in [9.17, 15) is 4.79 Å². The summed E-state index contributed by atoms with van der Waals surface area (Å²) in [7, 11) is 0. The van der Waals surface area contributed by atoms with Crippen LogP contribution in [0.15, 0.2) is 16.8 Å². The summed E-state index contributed by atoms with van der Waals surface area (Å²) in [6.07, 6.45) is 12.8. The SMILES string of the molecule is Cc1cnc(CNC(=O)CCc2nnc(CCC3CCCCC3)o2)cn1. The van der Waals surface area contributed by atoms with Crippen molar-refractivity contribution in [3.63, 3.8) is 0 Å². The standard InChI is InChI=1S/C19H27N5O2/c1-14-11-21-16(12-20-14)13-22-17(25)8-10-19-24-23-18(26-19)9-7-15-5-3-2-4-6-15/h11-12,15H,2-10,13H2,1H3,(H,22,25). The van der Waals surface area contributed by atoms with Crippen LogP contribution in [0.4, 0.5) is 0 Å². The number of hydrogen-bond acceptors (Lipinski definition) is 6. The second-order valence-electron chi connectivity index (χ2n) is 7.06. The minimum atomic E-state index is -0.0608. The predicted octanol–water partition coefficient (Wildman–Crippen LogP) is 2.93. The van der Waals surface area contributed by atoms with Gasteiger partial charge >= 0.3 is 0 Å². The van der Waals surface area contributed by atoms with Crippen molar-refractivity contribution < 1.29 is 9.21 Å². The van der Waals surface area contributed by atoms with E-state index in [0.717, 1.165) is 30.1 Å². The van der Waals surface area contributed by atoms with Crippen LogP contribution in [0.25, 0.3) is 0 Å². The molecule has 7 nitrogen and oxygen atoms in total. The Bertz CT molecular complexity index is 692. The molecule has 2 heterocycles. The van der Waals surface area contributed by atoms with Crippen LogP contribution in [0.5, 0.6) is 0 Å². The molecule has 2 aromatic heterocycles. The van der Waals surface area contributed by atoms with Crippen LogP contribution in [-0.2, 0) is 24.2 Å². The fraction of sp³-hybridized carbons (Fsp3) is 0.632. The Morgan fingerprint density at radius 2 is 1.88 bits per heavy atom. The second-order valence-corrected chi connectivity index (χ2v) is 7.06. The van der Waals surface area contributed by atoms with Crippen LogP contribution in [0, 0.1) is 12.8 Å². The first-order chi connectivity index (χ1) is 12.7. The molecule has 0 aliphatic heterocycles. The zero-order valence-corrected chi connectivity index (χ0v) is 15.4. The lowest BCUT2D eigenvalue weighted by atomic mass is 9.86. The van der Waals surface area contributed by atoms with Crippen LogP contribution >= 0.6 is 0 Å². The average Bonchev–Trinajstić information content (AvgIpc) is 3.13. The van der Waals surface area contributed by atoms with Crippen molar-refractivity contribution in [2.24, 2.45) is 5.92 Å². The van der Waals surface area contributed by atoms with E-state index in [-0.39, 0.29) is 5.91 Å². The lowest BCUT2D eigenvalue weighted by molar-refractivity contribution is -0.121. The lowest BCUT2D eigenvalue weighted by Crippen LogP contribution is -2.23. The summed E-state index contributed by atoms with van der Waals surface area (Å²) in [4.78, 5) is 20.3. The highest BCUT2D eigenvalue weighted by atomic mass is 16.4. The van der Waals surface area contributed by atoms with Crippen molar-refractivity contribution in [1.29, 1.82) is 0 Å². The van der Waals surface area contributed by atoms with Crippen molar-refractivity contribution in [2.75, 3.05) is 0 Å². The average molecular weight is 357 g/mol. The minimum absolute atomic E-state index is 0.0608. The molecule has 0 radical (unpaired) electrons. The minimum Gasteiger partial charge on any atom is -0.425 e. The maximum atomic E-state index is 11.9. The smallest absolute Gasteiger partial charge is 0.220 e. The van der Waals surface area contributed by atoms with Gasteiger partial charge in [0.25, 0.3) is 0 Å². The van der Waals surface area contributed by atoms with Crippen LogP contribution in [-0.4, -0.2) is 26.1 Å². The lowest BCUT2D eigenvalue weighted by Gasteiger charge is -2.20. The molecule has 1 aliphatic rings. The van der Waals surface area contributed by atoms with Crippen molar-refractivity contribution in [3.8, 4) is 0 Å². The van der Waals surface area contributed by atoms with E-state index in [1.54, 1.807) is 12.4 Å². The Hall–Kier alpha value is -2.31. The molecular formula is C19H27N5O2. The molecule has 0 unspecified atom stereocenters. The van der Waals surface area contributed by atoms with Gasteiger partial charge in [-0.2, -0.15) is 0 Å². The summed E-state index contributed by atoms with van der Waals surface area (Å²) < 4.78 is 5.68. The third-order valence-electron chi connectivity index (χ3n) is 4.87. The molecule has 0 saturated heterocycles. The summed E-state index contributed by atoms with van der Waals surface area (Å²) in [6.45, 7) is 2.26. The molecule has 0 aromatic carbocycles. The molecule has 1 amide bonds. The number of hydrogen-bond donors (Lipinski definition) is 1. The molecule has 7 heteroatoms. The Morgan fingerprint density at radius 1 is 1.12 bits per heavy atom. The van der Waals surface area contributed by atoms with Gasteiger partial charge in [0.15, 0.2) is 0 Å². The summed E-state index contributed by atoms with van der Waals surface area (Å²) in [6, 6.07) is 0. The number of rotatable bonds is 8. The van der Waals surface area contributed by atoms with Gasteiger partial charge < -0.3 is 9.73 Å². The van der Waals surface area contributed by atoms with Crippen LogP contribution in [0.1, 0.15) is 68.1 Å². The molecule has 2 aromatic rings. The van der Waals surface area contributed by atoms with E-state index in [4.69, 9.17) is 4.42 Å². The summed E-state index contributed by atoms with van der Waals surface area (Å²) in [5.41, 5.74) is 1.60. The van der Waals surface area contributed by atoms with E-state index in [2.05, 4.69) is 25.5 Å². The van der Waals surface area contributed by atoms with Gasteiger partial charge in [0.1, 0.15) is 0 Å². The Morgan fingerprint density at radius 3 is 2.62 bits per heavy atom. The Labute approximate surface area is 154 Å². The first-order valence-electron chi connectivity index (χ1n) is 9.54. The Balaban J connectivity index is 1.35. The van der Waals surface area contributed by atoms with Gasteiger partial charge in [0.05, 0.1) is 24.1 Å². The number of nitrogens with zero attached hydrogens (tertiary/aromatic N) is 4. The van der Waals surface area contributed by atoms with Crippen molar-refractivity contribution in [2.45, 2.75) is 71.3 Å². The molecule has 1 N–H and O–H groups in total. The van der Waals surface area contributed by atoms with E-state index >= 15 is 0 Å². The largest absolute Gasteiger partial charge is 0.425 e. The van der Waals surface area contributed by atoms with Gasteiger partial charge in [-0.1, -0.05) is 32.1 Å². The quantitative estimate of drug-likeness (QED) is 0.781. The normalized spacial score (nSPS) is 15.1. The first kappa shape index (κ1) is 18.5. The molecule has 26 heavy (non-hydrogen) atoms. The molecule has 140 valence electrons. The number of carbonyl (C=O) groups excluding carboxylic acids is 1. The monoisotopic (exact) mass is 357 g/mol. The molecule has 0 spiro atoms. The van der Waals surface area contributed by atoms with Crippen LogP contribution in [0.3, 0.4) is 0 Å². The van der Waals surface area contributed by atoms with Gasteiger partial charge in [-0.05, 0) is 19.3 Å². The highest BCUT2D eigenvalue weighted by Crippen LogP contribution is 2.27. The first-order valence-corrected chi connectivity index (χ1v) is 9.54. The van der Waals surface area contributed by atoms with E-state index < -0.39 is 0 Å². The van der Waals surface area contributed by atoms with E-state index in [1.807, 2.05) is 6.92 Å². The van der Waals surface area contributed by atoms with Crippen LogP contribution in [0.2, 0.25) is 0 Å². The Kier molecular flexibility index (Phi) is 6.68. The van der Waals surface area contributed by atoms with Crippen molar-refractivity contribution >= 4 is 5.91 Å². The number of aromatic nitrogens is 4. The van der Waals surface area contributed by atoms with Gasteiger partial charge in [-0.3, -0.25) is 14.8 Å². The molecular weight excluding hydrogens is 330 g/mol. The van der Waals surface area contributed by atoms with Crippen molar-refractivity contribution in [1.82, 2.24) is 25.5 Å². The molecule has 0 bridgehead atoms. The molecule has 3 rings (SSSR count). The van der Waals surface area contributed by atoms with Gasteiger partial charge in [0, 0.05) is 25.5 Å². The van der Waals surface area contributed by atoms with Gasteiger partial charge in [-0.15, -0.1) is 10.2 Å². The van der Waals surface area contributed by atoms with Crippen molar-refractivity contribution in [3.05, 3.63) is 35.6 Å². The molecule has 1 aliphatic carbocycles. The van der Waals surface area contributed by atoms with E-state index in [0.29, 0.717) is 31.2 Å². The van der Waals surface area contributed by atoms with Gasteiger partial charge in [0.2, 0.25) is 17.7 Å². The van der Waals surface area contributed by atoms with E-state index in [1.165, 1.54) is 32.1 Å². The number of nitrogens with one attached hydrogen (secondary N) is 1. The zero-order chi connectivity index (χ0) is 18.2. The number of carbonyl (C=O) groups is 1. The summed E-state index contributed by atoms with van der Waals surface area (Å²) in [5.74, 6) is 1.97. The summed E-state index contributed by atoms with van der Waals surface area (Å²) in [5, 5.41) is 11.0. The highest BCUT2D eigenvalue weighted by Gasteiger charge is 2.15. The third kappa shape index (κ3) is 5.89. The highest BCUT2D eigenvalue weighted by molar-refractivity contribution is 5.75. The fourth-order valence-electron chi connectivity index (χ4n) is 3.30. The second kappa shape index (κ2) is 9.40. The fourth-order valence-corrected chi connectivity index (χ4v) is 3.30. The zero-order valence-electron chi connectivity index (χ0n) is 15.4. The number of aryl methyl sites for hydroxylation is 3. The molecule has 1 fully saturated rings. The topological polar surface area (TPSA) is 93.8 Å². The maximum Gasteiger partial charge on any atom is 0.220 e. The number of amides is 1. The predicted molar refractivity (Wildman–Crippen MR) is 96.1 cm³/mol.